The fourth-order valence-corrected chi connectivity index (χ4v) is 0.343. The van der Waals surface area contributed by atoms with Gasteiger partial charge in [-0.1, -0.05) is 0 Å². The molecule has 50 valence electrons. The SMILES string of the molecule is CNC(CO)CON. The Kier molecular flexibility index (Phi) is 4.89. The lowest BCUT2D eigenvalue weighted by atomic mass is 10.3. The lowest BCUT2D eigenvalue weighted by Gasteiger charge is -2.09. The molecule has 0 spiro atoms. The van der Waals surface area contributed by atoms with Crippen LogP contribution in [0.1, 0.15) is 0 Å². The van der Waals surface area contributed by atoms with Crippen LogP contribution >= 0.6 is 0 Å². The molecule has 0 amide bonds. The summed E-state index contributed by atoms with van der Waals surface area (Å²) in [6.45, 7) is 0.390. The van der Waals surface area contributed by atoms with E-state index in [2.05, 4.69) is 10.2 Å². The maximum atomic E-state index is 8.46. The maximum Gasteiger partial charge on any atom is 0.0854 e. The minimum absolute atomic E-state index is 0.0417. The number of hydrogen-bond acceptors (Lipinski definition) is 4. The molecule has 4 heteroatoms. The Morgan fingerprint density at radius 3 is 2.62 bits per heavy atom. The molecule has 4 N–H and O–H groups in total. The molecule has 0 saturated heterocycles. The lowest BCUT2D eigenvalue weighted by Crippen LogP contribution is -2.34. The normalized spacial score (nSPS) is 13.9. The largest absolute Gasteiger partial charge is 0.395 e. The molecule has 0 rings (SSSR count). The van der Waals surface area contributed by atoms with Gasteiger partial charge in [0.15, 0.2) is 0 Å². The number of aliphatic hydroxyl groups is 1. The minimum Gasteiger partial charge on any atom is -0.395 e. The second kappa shape index (κ2) is 4.99. The summed E-state index contributed by atoms with van der Waals surface area (Å²) in [5.74, 6) is 4.73. The van der Waals surface area contributed by atoms with Crippen molar-refractivity contribution in [2.24, 2.45) is 5.90 Å². The highest BCUT2D eigenvalue weighted by molar-refractivity contribution is 4.58. The van der Waals surface area contributed by atoms with Crippen LogP contribution in [0.3, 0.4) is 0 Å². The van der Waals surface area contributed by atoms with E-state index in [4.69, 9.17) is 11.0 Å². The molecule has 8 heavy (non-hydrogen) atoms. The Balaban J connectivity index is 3.07. The topological polar surface area (TPSA) is 67.5 Å². The smallest absolute Gasteiger partial charge is 0.0854 e. The quantitative estimate of drug-likeness (QED) is 0.393. The van der Waals surface area contributed by atoms with Crippen LogP contribution in [0.2, 0.25) is 0 Å². The molecular weight excluding hydrogens is 108 g/mol. The van der Waals surface area contributed by atoms with Crippen molar-refractivity contribution in [3.05, 3.63) is 0 Å². The van der Waals surface area contributed by atoms with Crippen molar-refractivity contribution in [2.75, 3.05) is 20.3 Å². The minimum atomic E-state index is -0.0417. The summed E-state index contributed by atoms with van der Waals surface area (Å²) in [5.41, 5.74) is 0. The Bertz CT molecular complexity index is 47.3. The third kappa shape index (κ3) is 2.92. The van der Waals surface area contributed by atoms with Gasteiger partial charge in [0.25, 0.3) is 0 Å². The van der Waals surface area contributed by atoms with Gasteiger partial charge in [-0.25, -0.2) is 5.90 Å². The number of hydrogen-bond donors (Lipinski definition) is 3. The van der Waals surface area contributed by atoms with E-state index in [1.165, 1.54) is 0 Å². The highest BCUT2D eigenvalue weighted by Crippen LogP contribution is 1.76. The molecule has 0 saturated carbocycles. The average molecular weight is 120 g/mol. The van der Waals surface area contributed by atoms with Crippen LogP contribution in [0.15, 0.2) is 0 Å². The Labute approximate surface area is 48.6 Å². The van der Waals surface area contributed by atoms with Crippen molar-refractivity contribution < 1.29 is 9.94 Å². The van der Waals surface area contributed by atoms with E-state index >= 15 is 0 Å². The Morgan fingerprint density at radius 1 is 1.88 bits per heavy atom. The van der Waals surface area contributed by atoms with Crippen LogP contribution in [0.25, 0.3) is 0 Å². The third-order valence-corrected chi connectivity index (χ3v) is 0.926. The Morgan fingerprint density at radius 2 is 2.50 bits per heavy atom. The van der Waals surface area contributed by atoms with Crippen LogP contribution < -0.4 is 11.2 Å². The summed E-state index contributed by atoms with van der Waals surface area (Å²) in [4.78, 5) is 4.26. The van der Waals surface area contributed by atoms with Gasteiger partial charge in [-0.15, -0.1) is 0 Å². The third-order valence-electron chi connectivity index (χ3n) is 0.926. The fraction of sp³-hybridized carbons (Fsp3) is 1.00. The molecule has 0 aliphatic heterocycles. The van der Waals surface area contributed by atoms with E-state index < -0.39 is 0 Å². The van der Waals surface area contributed by atoms with Gasteiger partial charge in [-0.05, 0) is 7.05 Å². The highest BCUT2D eigenvalue weighted by Gasteiger charge is 2.00. The summed E-state index contributed by atoms with van der Waals surface area (Å²) >= 11 is 0. The van der Waals surface area contributed by atoms with Crippen molar-refractivity contribution >= 4 is 0 Å². The van der Waals surface area contributed by atoms with E-state index in [9.17, 15) is 0 Å². The van der Waals surface area contributed by atoms with Crippen LogP contribution in [-0.4, -0.2) is 31.4 Å². The standard InChI is InChI=1S/C4H12N2O2/c1-6-4(2-7)3-8-5/h4,6-7H,2-3,5H2,1H3. The zero-order valence-electron chi connectivity index (χ0n) is 4.92. The first-order valence-corrected chi connectivity index (χ1v) is 2.45. The van der Waals surface area contributed by atoms with Gasteiger partial charge < -0.3 is 15.3 Å². The van der Waals surface area contributed by atoms with Gasteiger partial charge in [0.2, 0.25) is 0 Å². The molecule has 1 atom stereocenters. The van der Waals surface area contributed by atoms with Crippen LogP contribution in [0, 0.1) is 0 Å². The molecule has 0 aromatic carbocycles. The predicted octanol–water partition coefficient (Wildman–Crippen LogP) is -1.54. The molecule has 0 aromatic rings. The number of likely N-dealkylation sites (N-methyl/N-ethyl adjacent to an activating group) is 1. The number of nitrogens with two attached hydrogens (primary N) is 1. The first-order valence-electron chi connectivity index (χ1n) is 2.45. The van der Waals surface area contributed by atoms with Gasteiger partial charge in [-0.2, -0.15) is 0 Å². The predicted molar refractivity (Wildman–Crippen MR) is 30.1 cm³/mol. The molecule has 0 bridgehead atoms. The van der Waals surface area contributed by atoms with Crippen LogP contribution in [0.5, 0.6) is 0 Å². The lowest BCUT2D eigenvalue weighted by molar-refractivity contribution is 0.0928. The fourth-order valence-electron chi connectivity index (χ4n) is 0.343. The first kappa shape index (κ1) is 7.84. The van der Waals surface area contributed by atoms with Crippen LogP contribution in [0.4, 0.5) is 0 Å². The van der Waals surface area contributed by atoms with Crippen molar-refractivity contribution in [1.82, 2.24) is 5.32 Å². The molecule has 4 nitrogen and oxygen atoms in total. The monoisotopic (exact) mass is 120 g/mol. The molecular formula is C4H12N2O2. The molecule has 0 aliphatic carbocycles. The zero-order valence-corrected chi connectivity index (χ0v) is 4.92. The van der Waals surface area contributed by atoms with Crippen molar-refractivity contribution in [2.45, 2.75) is 6.04 Å². The second-order valence-electron chi connectivity index (χ2n) is 1.50. The second-order valence-corrected chi connectivity index (χ2v) is 1.50. The van der Waals surface area contributed by atoms with Gasteiger partial charge in [0.1, 0.15) is 0 Å². The van der Waals surface area contributed by atoms with Crippen molar-refractivity contribution in [1.29, 1.82) is 0 Å². The Hall–Kier alpha value is -0.160. The average Bonchev–Trinajstić information content (AvgIpc) is 1.83. The molecule has 1 unspecified atom stereocenters. The van der Waals surface area contributed by atoms with Crippen LogP contribution in [-0.2, 0) is 4.84 Å². The zero-order chi connectivity index (χ0) is 6.41. The van der Waals surface area contributed by atoms with Crippen molar-refractivity contribution in [3.8, 4) is 0 Å². The maximum absolute atomic E-state index is 8.46. The molecule has 0 aromatic heterocycles. The summed E-state index contributed by atoms with van der Waals surface area (Å²) in [5, 5.41) is 11.3. The highest BCUT2D eigenvalue weighted by atomic mass is 16.6. The van der Waals surface area contributed by atoms with Gasteiger partial charge in [0, 0.05) is 0 Å². The summed E-state index contributed by atoms with van der Waals surface area (Å²) in [6, 6.07) is -0.0417. The van der Waals surface area contributed by atoms with E-state index in [-0.39, 0.29) is 12.6 Å². The number of aliphatic hydroxyl groups excluding tert-OH is 1. The van der Waals surface area contributed by atoms with E-state index in [1.807, 2.05) is 0 Å². The van der Waals surface area contributed by atoms with Crippen molar-refractivity contribution in [3.63, 3.8) is 0 Å². The molecule has 0 radical (unpaired) electrons. The summed E-state index contributed by atoms with van der Waals surface area (Å²) in [7, 11) is 1.74. The first-order chi connectivity index (χ1) is 3.85. The van der Waals surface area contributed by atoms with Gasteiger partial charge in [0.05, 0.1) is 19.3 Å². The number of nitrogens with one attached hydrogen (secondary N) is 1. The van der Waals surface area contributed by atoms with Gasteiger partial charge >= 0.3 is 0 Å². The van der Waals surface area contributed by atoms with E-state index in [0.29, 0.717) is 6.61 Å². The molecule has 0 heterocycles. The molecule has 0 fully saturated rings. The summed E-state index contributed by atoms with van der Waals surface area (Å²) < 4.78 is 0. The van der Waals surface area contributed by atoms with E-state index in [0.717, 1.165) is 0 Å². The van der Waals surface area contributed by atoms with E-state index in [1.54, 1.807) is 7.05 Å². The number of rotatable bonds is 4. The summed E-state index contributed by atoms with van der Waals surface area (Å²) in [6.07, 6.45) is 0. The molecule has 0 aliphatic rings. The van der Waals surface area contributed by atoms with Gasteiger partial charge in [-0.3, -0.25) is 0 Å².